The van der Waals surface area contributed by atoms with Crippen molar-refractivity contribution < 1.29 is 5.11 Å². The van der Waals surface area contributed by atoms with Gasteiger partial charge in [-0.3, -0.25) is 0 Å². The predicted octanol–water partition coefficient (Wildman–Crippen LogP) is 2.61. The highest BCUT2D eigenvalue weighted by atomic mass is 35.5. The zero-order chi connectivity index (χ0) is 10.1. The molecule has 2 atom stereocenters. The Hall–Kier alpha value is -0.380. The van der Waals surface area contributed by atoms with E-state index in [-0.39, 0.29) is 17.9 Å². The van der Waals surface area contributed by atoms with E-state index in [4.69, 9.17) is 16.7 Å². The van der Waals surface area contributed by atoms with Crippen molar-refractivity contribution in [1.29, 1.82) is 0 Å². The predicted molar refractivity (Wildman–Crippen MR) is 61.3 cm³/mol. The molecule has 2 rings (SSSR count). The van der Waals surface area contributed by atoms with Crippen LogP contribution in [0.2, 0.25) is 5.02 Å². The number of halogens is 1. The average Bonchev–Trinajstić information content (AvgIpc) is 2.19. The van der Waals surface area contributed by atoms with Crippen LogP contribution < -0.4 is 5.32 Å². The first-order chi connectivity index (χ1) is 6.72. The van der Waals surface area contributed by atoms with Gasteiger partial charge in [0.2, 0.25) is 0 Å². The maximum absolute atomic E-state index is 9.16. The Labute approximate surface area is 92.7 Å². The third kappa shape index (κ3) is 1.72. The third-order valence-electron chi connectivity index (χ3n) is 2.36. The lowest BCUT2D eigenvalue weighted by atomic mass is 10.2. The number of hydrogen-bond acceptors (Lipinski definition) is 3. The first-order valence-corrected chi connectivity index (χ1v) is 5.80. The summed E-state index contributed by atoms with van der Waals surface area (Å²) >= 11 is 7.74. The van der Waals surface area contributed by atoms with Crippen molar-refractivity contribution in [2.24, 2.45) is 0 Å². The lowest BCUT2D eigenvalue weighted by Crippen LogP contribution is -2.34. The molecule has 0 spiro atoms. The first kappa shape index (κ1) is 10.1. The smallest absolute Gasteiger partial charge is 0.0670 e. The lowest BCUT2D eigenvalue weighted by Gasteiger charge is -2.31. The van der Waals surface area contributed by atoms with Crippen LogP contribution in [0.15, 0.2) is 23.1 Å². The largest absolute Gasteiger partial charge is 0.395 e. The molecule has 0 fully saturated rings. The molecule has 0 saturated carbocycles. The molecule has 0 amide bonds. The Morgan fingerprint density at radius 2 is 2.36 bits per heavy atom. The van der Waals surface area contributed by atoms with E-state index in [1.54, 1.807) is 11.8 Å². The highest BCUT2D eigenvalue weighted by Gasteiger charge is 2.25. The zero-order valence-electron chi connectivity index (χ0n) is 7.83. The van der Waals surface area contributed by atoms with Gasteiger partial charge in [-0.25, -0.2) is 0 Å². The van der Waals surface area contributed by atoms with Crippen LogP contribution in [-0.4, -0.2) is 23.0 Å². The van der Waals surface area contributed by atoms with Gasteiger partial charge in [0.1, 0.15) is 0 Å². The van der Waals surface area contributed by atoms with Gasteiger partial charge >= 0.3 is 0 Å². The summed E-state index contributed by atoms with van der Waals surface area (Å²) in [7, 11) is 0. The summed E-state index contributed by atoms with van der Waals surface area (Å²) in [5.74, 6) is 0. The zero-order valence-corrected chi connectivity index (χ0v) is 9.40. The molecule has 4 heteroatoms. The van der Waals surface area contributed by atoms with E-state index < -0.39 is 0 Å². The summed E-state index contributed by atoms with van der Waals surface area (Å²) in [4.78, 5) is 1.12. The summed E-state index contributed by atoms with van der Waals surface area (Å²) in [5.41, 5.74) is 0.997. The molecule has 1 heterocycles. The number of rotatable bonds is 1. The molecule has 76 valence electrons. The Bertz CT molecular complexity index is 345. The normalized spacial score (nSPS) is 25.4. The molecule has 0 radical (unpaired) electrons. The third-order valence-corrected chi connectivity index (χ3v) is 4.13. The molecule has 1 aliphatic heterocycles. The lowest BCUT2D eigenvalue weighted by molar-refractivity contribution is 0.287. The second kappa shape index (κ2) is 4.01. The monoisotopic (exact) mass is 229 g/mol. The maximum atomic E-state index is 9.16. The summed E-state index contributed by atoms with van der Waals surface area (Å²) in [6.07, 6.45) is 0. The summed E-state index contributed by atoms with van der Waals surface area (Å²) < 4.78 is 0. The summed E-state index contributed by atoms with van der Waals surface area (Å²) in [5, 5.41) is 13.4. The standard InChI is InChI=1S/C10H12ClNOS/c1-6-9(5-13)14-8-4-2-3-7(11)10(8)12-6/h2-4,6,9,12-13H,5H2,1H3. The molecule has 0 aromatic heterocycles. The fourth-order valence-corrected chi connectivity index (χ4v) is 2.93. The van der Waals surface area contributed by atoms with Gasteiger partial charge in [0.15, 0.2) is 0 Å². The molecule has 2 N–H and O–H groups in total. The van der Waals surface area contributed by atoms with E-state index in [1.165, 1.54) is 0 Å². The number of para-hydroxylation sites is 1. The van der Waals surface area contributed by atoms with Crippen molar-refractivity contribution in [3.05, 3.63) is 23.2 Å². The maximum Gasteiger partial charge on any atom is 0.0670 e. The quantitative estimate of drug-likeness (QED) is 0.777. The van der Waals surface area contributed by atoms with Crippen molar-refractivity contribution in [2.75, 3.05) is 11.9 Å². The molecular formula is C10H12ClNOS. The summed E-state index contributed by atoms with van der Waals surface area (Å²) in [6.45, 7) is 2.24. The van der Waals surface area contributed by atoms with Crippen LogP contribution in [0.3, 0.4) is 0 Å². The SMILES string of the molecule is CC1Nc2c(Cl)cccc2SC1CO. The van der Waals surface area contributed by atoms with Crippen LogP contribution >= 0.6 is 23.4 Å². The van der Waals surface area contributed by atoms with Crippen LogP contribution in [0.1, 0.15) is 6.92 Å². The number of aliphatic hydroxyl groups is 1. The molecule has 1 aliphatic rings. The second-order valence-corrected chi connectivity index (χ2v) is 5.07. The van der Waals surface area contributed by atoms with Crippen LogP contribution in [0.5, 0.6) is 0 Å². The van der Waals surface area contributed by atoms with Crippen LogP contribution in [0.4, 0.5) is 5.69 Å². The average molecular weight is 230 g/mol. The Morgan fingerprint density at radius 3 is 3.07 bits per heavy atom. The fourth-order valence-electron chi connectivity index (χ4n) is 1.52. The van der Waals surface area contributed by atoms with Gasteiger partial charge in [-0.2, -0.15) is 0 Å². The van der Waals surface area contributed by atoms with Gasteiger partial charge in [0.25, 0.3) is 0 Å². The van der Waals surface area contributed by atoms with Gasteiger partial charge in [-0.05, 0) is 19.1 Å². The number of nitrogens with one attached hydrogen (secondary N) is 1. The molecule has 2 unspecified atom stereocenters. The van der Waals surface area contributed by atoms with Gasteiger partial charge < -0.3 is 10.4 Å². The van der Waals surface area contributed by atoms with E-state index in [0.717, 1.165) is 15.6 Å². The number of anilines is 1. The topological polar surface area (TPSA) is 32.3 Å². The van der Waals surface area contributed by atoms with Crippen molar-refractivity contribution in [2.45, 2.75) is 23.1 Å². The van der Waals surface area contributed by atoms with Crippen molar-refractivity contribution in [3.63, 3.8) is 0 Å². The summed E-state index contributed by atoms with van der Waals surface area (Å²) in [6, 6.07) is 6.07. The molecular weight excluding hydrogens is 218 g/mol. The molecule has 1 aromatic rings. The van der Waals surface area contributed by atoms with Crippen molar-refractivity contribution in [3.8, 4) is 0 Å². The van der Waals surface area contributed by atoms with E-state index in [1.807, 2.05) is 18.2 Å². The van der Waals surface area contributed by atoms with E-state index in [2.05, 4.69) is 12.2 Å². The Balaban J connectivity index is 2.35. The molecule has 0 bridgehead atoms. The van der Waals surface area contributed by atoms with Crippen LogP contribution in [-0.2, 0) is 0 Å². The number of thioether (sulfide) groups is 1. The van der Waals surface area contributed by atoms with Gasteiger partial charge in [0.05, 0.1) is 22.6 Å². The van der Waals surface area contributed by atoms with Gasteiger partial charge in [0, 0.05) is 10.9 Å². The van der Waals surface area contributed by atoms with Crippen molar-refractivity contribution >= 4 is 29.1 Å². The minimum Gasteiger partial charge on any atom is -0.395 e. The molecule has 0 saturated heterocycles. The van der Waals surface area contributed by atoms with Gasteiger partial charge in [-0.1, -0.05) is 17.7 Å². The second-order valence-electron chi connectivity index (χ2n) is 3.38. The number of benzene rings is 1. The first-order valence-electron chi connectivity index (χ1n) is 4.55. The van der Waals surface area contributed by atoms with E-state index >= 15 is 0 Å². The number of hydrogen-bond donors (Lipinski definition) is 2. The molecule has 0 aliphatic carbocycles. The van der Waals surface area contributed by atoms with E-state index in [0.29, 0.717) is 0 Å². The highest BCUT2D eigenvalue weighted by molar-refractivity contribution is 8.00. The van der Waals surface area contributed by atoms with Crippen LogP contribution in [0, 0.1) is 0 Å². The highest BCUT2D eigenvalue weighted by Crippen LogP contribution is 2.41. The molecule has 14 heavy (non-hydrogen) atoms. The molecule has 1 aromatic carbocycles. The number of fused-ring (bicyclic) bond motifs is 1. The number of aliphatic hydroxyl groups excluding tert-OH is 1. The minimum absolute atomic E-state index is 0.185. The Kier molecular flexibility index (Phi) is 2.91. The van der Waals surface area contributed by atoms with Crippen molar-refractivity contribution in [1.82, 2.24) is 0 Å². The molecule has 2 nitrogen and oxygen atoms in total. The fraction of sp³-hybridized carbons (Fsp3) is 0.400. The van der Waals surface area contributed by atoms with E-state index in [9.17, 15) is 0 Å². The van der Waals surface area contributed by atoms with Crippen LogP contribution in [0.25, 0.3) is 0 Å². The Morgan fingerprint density at radius 1 is 1.57 bits per heavy atom. The van der Waals surface area contributed by atoms with Gasteiger partial charge in [-0.15, -0.1) is 11.8 Å². The minimum atomic E-state index is 0.185.